The molecule has 276 valence electrons. The number of anilines is 1. The van der Waals surface area contributed by atoms with E-state index in [4.69, 9.17) is 21.1 Å². The minimum absolute atomic E-state index is 0.107. The summed E-state index contributed by atoms with van der Waals surface area (Å²) in [5, 5.41) is 1.01. The van der Waals surface area contributed by atoms with Crippen LogP contribution < -0.4 is 14.4 Å². The van der Waals surface area contributed by atoms with Crippen LogP contribution in [0.5, 0.6) is 5.75 Å². The molecule has 0 bridgehead atoms. The molecular weight excluding hydrogens is 668 g/mol. The van der Waals surface area contributed by atoms with Gasteiger partial charge in [-0.3, -0.25) is 14.5 Å². The monoisotopic (exact) mass is 726 g/mol. The molecule has 2 aromatic carbocycles. The van der Waals surface area contributed by atoms with Crippen LogP contribution in [0.4, 0.5) is 5.69 Å². The van der Waals surface area contributed by atoms with Gasteiger partial charge in [-0.15, -0.1) is 0 Å². The average molecular weight is 727 g/mol. The Morgan fingerprint density at radius 1 is 1.16 bits per heavy atom. The number of amides is 2. The minimum atomic E-state index is -0.479. The molecule has 5 atom stereocenters. The lowest BCUT2D eigenvalue weighted by Gasteiger charge is -2.53. The molecule has 2 fully saturated rings. The standard InChI is InChI=1S/C40H59ClN4O4S/c1-8-10-18-40(48-6,27-44-20-19-43(5)38(46)25-44)35-16-12-31(35)23-45-24-32(34-15-14-33(41)21-29(34)11-9-2)26-49-37-17-13-30(22-36(37)45)39(47)42-50(7)28(3)4/h13-15,17,21-22,28,31-32,35H,7-12,16,18-20,23-27H2,1-6H3,(H,42,47)/t31?,32?,35?,40-,50?/m1/s1. The Bertz CT molecular complexity index is 1520. The summed E-state index contributed by atoms with van der Waals surface area (Å²) in [5.74, 6) is 5.94. The summed E-state index contributed by atoms with van der Waals surface area (Å²) in [7, 11) is 3.29. The number of methoxy groups -OCH3 is 1. The first-order valence-electron chi connectivity index (χ1n) is 18.6. The van der Waals surface area contributed by atoms with Gasteiger partial charge in [0.05, 0.1) is 24.4 Å². The number of hydrogen-bond acceptors (Lipinski definition) is 6. The molecule has 1 aliphatic carbocycles. The maximum Gasteiger partial charge on any atom is 0.260 e. The molecule has 0 aromatic heterocycles. The van der Waals surface area contributed by atoms with Crippen molar-refractivity contribution in [3.63, 3.8) is 0 Å². The van der Waals surface area contributed by atoms with Crippen molar-refractivity contribution in [3.8, 4) is 5.75 Å². The van der Waals surface area contributed by atoms with E-state index in [1.165, 1.54) is 11.1 Å². The van der Waals surface area contributed by atoms with Crippen LogP contribution in [-0.4, -0.2) is 98.4 Å². The summed E-state index contributed by atoms with van der Waals surface area (Å²) >= 11 is 6.50. The normalized spacial score (nSPS) is 23.0. The number of halogens is 1. The van der Waals surface area contributed by atoms with Crippen LogP contribution in [-0.2, 0) is 16.0 Å². The quantitative estimate of drug-likeness (QED) is 0.193. The van der Waals surface area contributed by atoms with Crippen molar-refractivity contribution in [2.24, 2.45) is 11.8 Å². The number of ether oxygens (including phenoxy) is 2. The van der Waals surface area contributed by atoms with Gasteiger partial charge in [0.25, 0.3) is 5.91 Å². The summed E-state index contributed by atoms with van der Waals surface area (Å²) in [4.78, 5) is 32.8. The molecule has 4 unspecified atom stereocenters. The number of piperazine rings is 1. The smallest absolute Gasteiger partial charge is 0.260 e. The van der Waals surface area contributed by atoms with Crippen LogP contribution in [0.3, 0.4) is 0 Å². The SMILES string of the molecule is C=S(NC(=O)c1ccc2c(c1)N(CC1CCC1[C@@](CCCC)(CN1CCN(C)C(=O)C1)OC)CC(c1ccc(Cl)cc1CCC)CO2)C(C)C. The van der Waals surface area contributed by atoms with Crippen LogP contribution in [0, 0.1) is 11.8 Å². The molecule has 0 radical (unpaired) electrons. The molecule has 2 aliphatic heterocycles. The molecular formula is C40H59ClN4O4S. The van der Waals surface area contributed by atoms with Crippen LogP contribution in [0.1, 0.15) is 93.6 Å². The second-order valence-corrected chi connectivity index (χ2v) is 17.4. The maximum absolute atomic E-state index is 13.5. The van der Waals surface area contributed by atoms with Gasteiger partial charge >= 0.3 is 0 Å². The number of aryl methyl sites for hydroxylation is 1. The van der Waals surface area contributed by atoms with Crippen molar-refractivity contribution in [3.05, 3.63) is 58.1 Å². The first-order chi connectivity index (χ1) is 24.0. The van der Waals surface area contributed by atoms with Crippen molar-refractivity contribution in [2.75, 3.05) is 64.9 Å². The molecule has 2 heterocycles. The fourth-order valence-corrected chi connectivity index (χ4v) is 8.80. The predicted molar refractivity (Wildman–Crippen MR) is 209 cm³/mol. The van der Waals surface area contributed by atoms with Gasteiger partial charge in [0, 0.05) is 68.6 Å². The third-order valence-corrected chi connectivity index (χ3v) is 13.1. The molecule has 5 rings (SSSR count). The van der Waals surface area contributed by atoms with Crippen molar-refractivity contribution >= 4 is 45.6 Å². The van der Waals surface area contributed by atoms with E-state index in [2.05, 4.69) is 60.2 Å². The maximum atomic E-state index is 13.5. The Labute approximate surface area is 308 Å². The highest BCUT2D eigenvalue weighted by Crippen LogP contribution is 2.48. The van der Waals surface area contributed by atoms with E-state index in [1.54, 1.807) is 0 Å². The zero-order valence-electron chi connectivity index (χ0n) is 31.1. The van der Waals surface area contributed by atoms with Crippen LogP contribution in [0.15, 0.2) is 36.4 Å². The first-order valence-corrected chi connectivity index (χ1v) is 20.5. The zero-order chi connectivity index (χ0) is 36.0. The van der Waals surface area contributed by atoms with Gasteiger partial charge in [-0.05, 0) is 79.0 Å². The van der Waals surface area contributed by atoms with E-state index in [-0.39, 0.29) is 28.6 Å². The van der Waals surface area contributed by atoms with Crippen molar-refractivity contribution < 1.29 is 19.1 Å². The van der Waals surface area contributed by atoms with Gasteiger partial charge in [-0.2, -0.15) is 0 Å². The van der Waals surface area contributed by atoms with E-state index in [0.717, 1.165) is 94.1 Å². The molecule has 3 aliphatic rings. The van der Waals surface area contributed by atoms with Gasteiger partial charge < -0.3 is 24.0 Å². The van der Waals surface area contributed by atoms with Crippen molar-refractivity contribution in [1.82, 2.24) is 14.5 Å². The molecule has 1 saturated heterocycles. The molecule has 2 amide bonds. The Morgan fingerprint density at radius 2 is 1.96 bits per heavy atom. The summed E-state index contributed by atoms with van der Waals surface area (Å²) in [5.41, 5.74) is 3.81. The number of carbonyl (C=O) groups excluding carboxylic acids is 2. The van der Waals surface area contributed by atoms with Gasteiger partial charge in [-0.25, -0.2) is 0 Å². The zero-order valence-corrected chi connectivity index (χ0v) is 32.7. The highest BCUT2D eigenvalue weighted by atomic mass is 35.5. The topological polar surface area (TPSA) is 74.4 Å². The van der Waals surface area contributed by atoms with Gasteiger partial charge in [0.2, 0.25) is 5.91 Å². The third-order valence-electron chi connectivity index (χ3n) is 11.2. The molecule has 50 heavy (non-hydrogen) atoms. The van der Waals surface area contributed by atoms with Crippen LogP contribution >= 0.6 is 22.3 Å². The van der Waals surface area contributed by atoms with E-state index in [1.807, 2.05) is 43.3 Å². The van der Waals surface area contributed by atoms with Gasteiger partial charge in [0.1, 0.15) is 5.75 Å². The number of carbonyl (C=O) groups is 2. The summed E-state index contributed by atoms with van der Waals surface area (Å²) in [6.07, 6.45) is 7.37. The second kappa shape index (κ2) is 17.3. The number of likely N-dealkylation sites (N-methyl/N-ethyl adjacent to an activating group) is 1. The van der Waals surface area contributed by atoms with E-state index in [0.29, 0.717) is 30.6 Å². The van der Waals surface area contributed by atoms with Crippen LogP contribution in [0.2, 0.25) is 5.02 Å². The number of hydrogen-bond donors (Lipinski definition) is 1. The predicted octanol–water partition coefficient (Wildman–Crippen LogP) is 7.40. The number of nitrogens with one attached hydrogen (secondary N) is 1. The van der Waals surface area contributed by atoms with Gasteiger partial charge in [-0.1, -0.05) is 81.2 Å². The molecule has 0 spiro atoms. The van der Waals surface area contributed by atoms with Gasteiger partial charge in [0.15, 0.2) is 0 Å². The highest BCUT2D eigenvalue weighted by molar-refractivity contribution is 8.13. The Kier molecular flexibility index (Phi) is 13.4. The van der Waals surface area contributed by atoms with Crippen molar-refractivity contribution in [2.45, 2.75) is 89.4 Å². The molecule has 1 N–H and O–H groups in total. The lowest BCUT2D eigenvalue weighted by molar-refractivity contribution is -0.146. The number of nitrogens with zero attached hydrogens (tertiary/aromatic N) is 3. The largest absolute Gasteiger partial charge is 0.491 e. The number of benzene rings is 2. The van der Waals surface area contributed by atoms with Crippen molar-refractivity contribution in [1.29, 1.82) is 0 Å². The van der Waals surface area contributed by atoms with E-state index in [9.17, 15) is 9.59 Å². The molecule has 8 nitrogen and oxygen atoms in total. The summed E-state index contributed by atoms with van der Waals surface area (Å²) < 4.78 is 16.3. The Hall–Kier alpha value is -2.59. The molecule has 2 aromatic rings. The second-order valence-electron chi connectivity index (χ2n) is 14.9. The lowest BCUT2D eigenvalue weighted by atomic mass is 9.62. The summed E-state index contributed by atoms with van der Waals surface area (Å²) in [6.45, 7) is 13.6. The first kappa shape index (κ1) is 38.6. The highest BCUT2D eigenvalue weighted by Gasteiger charge is 2.49. The summed E-state index contributed by atoms with van der Waals surface area (Å²) in [6, 6.07) is 12.1. The minimum Gasteiger partial charge on any atom is -0.491 e. The fraction of sp³-hybridized carbons (Fsp3) is 0.625. The Morgan fingerprint density at radius 3 is 2.62 bits per heavy atom. The number of unbranched alkanes of at least 4 members (excludes halogenated alkanes) is 1. The number of fused-ring (bicyclic) bond motifs is 1. The number of rotatable bonds is 15. The van der Waals surface area contributed by atoms with E-state index >= 15 is 0 Å². The fourth-order valence-electron chi connectivity index (χ4n) is 8.01. The Balaban J connectivity index is 1.47. The molecule has 10 heteroatoms. The van der Waals surface area contributed by atoms with E-state index < -0.39 is 10.7 Å². The lowest BCUT2D eigenvalue weighted by Crippen LogP contribution is -2.60. The third kappa shape index (κ3) is 8.88. The van der Waals surface area contributed by atoms with Crippen LogP contribution in [0.25, 0.3) is 0 Å². The molecule has 1 saturated carbocycles. The average Bonchev–Trinajstić information content (AvgIpc) is 3.26.